The van der Waals surface area contributed by atoms with Crippen molar-refractivity contribution in [3.05, 3.63) is 52.3 Å². The van der Waals surface area contributed by atoms with Crippen LogP contribution in [0.4, 0.5) is 10.7 Å². The zero-order chi connectivity index (χ0) is 46.9. The SMILES string of the molecule is CO[C@@H]1[C@H](O)[C@@H](C)O[C@@H](OC[C@H]2[C@@H]3O[C@@H]3/C=C/C(=O)[C@@](C)(O)CC[C@H](O[C@@H]3O[C@H](C)C[C@H](OC)[C@H]3O)[C@@H](C)/C=C/C(=O)O[C@@H]2C)[C@@H]1OC.O=C1NCCN1/N=C/c1ccc([N+](=O)[O-])o1. The maximum atomic E-state index is 13.2. The van der Waals surface area contributed by atoms with Gasteiger partial charge in [-0.3, -0.25) is 14.9 Å². The molecule has 6 heterocycles. The third-order valence-electron chi connectivity index (χ3n) is 11.8. The highest BCUT2D eigenvalue weighted by Crippen LogP contribution is 2.36. The summed E-state index contributed by atoms with van der Waals surface area (Å²) >= 11 is 0. The molecule has 1 aromatic rings. The van der Waals surface area contributed by atoms with Crippen molar-refractivity contribution in [1.82, 2.24) is 10.3 Å². The molecular formula is C42H62N4O18. The summed E-state index contributed by atoms with van der Waals surface area (Å²) in [6.07, 6.45) is -1.09. The minimum atomic E-state index is -1.72. The molecule has 0 bridgehead atoms. The molecule has 1 aromatic heterocycles. The average Bonchev–Trinajstić information content (AvgIpc) is 3.62. The van der Waals surface area contributed by atoms with Crippen LogP contribution in [0, 0.1) is 22.0 Å². The molecule has 4 fully saturated rings. The lowest BCUT2D eigenvalue weighted by molar-refractivity contribution is -0.402. The van der Waals surface area contributed by atoms with E-state index in [4.69, 9.17) is 47.0 Å². The minimum absolute atomic E-state index is 0.0273. The first-order chi connectivity index (χ1) is 30.4. The maximum absolute atomic E-state index is 13.2. The Morgan fingerprint density at radius 3 is 2.33 bits per heavy atom. The summed E-state index contributed by atoms with van der Waals surface area (Å²) in [5.41, 5.74) is -1.72. The van der Waals surface area contributed by atoms with Gasteiger partial charge in [-0.2, -0.15) is 5.10 Å². The van der Waals surface area contributed by atoms with Crippen molar-refractivity contribution in [2.45, 2.75) is 139 Å². The fraction of sp³-hybridized carbons (Fsp3) is 0.714. The molecule has 0 spiro atoms. The highest BCUT2D eigenvalue weighted by molar-refractivity contribution is 5.96. The van der Waals surface area contributed by atoms with Gasteiger partial charge in [0.2, 0.25) is 0 Å². The molecule has 0 unspecified atom stereocenters. The molecule has 5 aliphatic heterocycles. The van der Waals surface area contributed by atoms with Crippen molar-refractivity contribution in [2.75, 3.05) is 41.0 Å². The van der Waals surface area contributed by atoms with Crippen LogP contribution in [-0.2, 0) is 52.2 Å². The second kappa shape index (κ2) is 22.8. The molecule has 22 nitrogen and oxygen atoms in total. The number of hydrazone groups is 1. The summed E-state index contributed by atoms with van der Waals surface area (Å²) in [4.78, 5) is 47.0. The Hall–Kier alpha value is -4.20. The molecule has 0 aromatic carbocycles. The van der Waals surface area contributed by atoms with Crippen LogP contribution in [0.2, 0.25) is 0 Å². The van der Waals surface area contributed by atoms with E-state index >= 15 is 0 Å². The number of esters is 1. The number of urea groups is 1. The van der Waals surface area contributed by atoms with Crippen LogP contribution in [0.15, 0.2) is 46.0 Å². The monoisotopic (exact) mass is 910 g/mol. The van der Waals surface area contributed by atoms with Gasteiger partial charge in [0.05, 0.1) is 56.0 Å². The first-order valence-electron chi connectivity index (χ1n) is 21.2. The number of rotatable bonds is 11. The number of cyclic esters (lactones) is 1. The van der Waals surface area contributed by atoms with Crippen molar-refractivity contribution >= 4 is 29.9 Å². The normalized spacial score (nSPS) is 39.6. The van der Waals surface area contributed by atoms with Crippen LogP contribution < -0.4 is 5.32 Å². The van der Waals surface area contributed by atoms with E-state index in [1.54, 1.807) is 26.0 Å². The second-order valence-corrected chi connectivity index (χ2v) is 16.6. The standard InChI is InChI=1S/C34H54O14.C8H8N4O4/c1-17-9-12-26(36)45-19(3)21(16-43-33-31(42-8)30(41-7)27(37)20(4)46-33)29-23(47-29)10-11-25(35)34(5,39)14-13-22(17)48-32-28(38)24(40-6)15-18(2)44-32;13-8-9-3-4-11(8)10-5-6-1-2-7(16-6)12(14)15/h9-12,17-24,27-33,37-39H,13-16H2,1-8H3;1-2,5H,3-4H2,(H,9,13)/b11-10+,12-9+;10-5+/t17-,18+,19+,20+,21+,22-,23+,24-,27+,28+,29-,30+,31+,32-,33+,34-;/m0./s1. The number of methoxy groups -OCH3 is 3. The van der Waals surface area contributed by atoms with Gasteiger partial charge in [0.25, 0.3) is 0 Å². The lowest BCUT2D eigenvalue weighted by Gasteiger charge is -2.42. The Balaban J connectivity index is 0.000000401. The van der Waals surface area contributed by atoms with Gasteiger partial charge < -0.3 is 67.7 Å². The zero-order valence-electron chi connectivity index (χ0n) is 37.3. The Labute approximate surface area is 370 Å². The van der Waals surface area contributed by atoms with Crippen LogP contribution in [-0.4, -0.2) is 176 Å². The van der Waals surface area contributed by atoms with Crippen molar-refractivity contribution in [3.8, 4) is 0 Å². The predicted molar refractivity (Wildman–Crippen MR) is 222 cm³/mol. The third kappa shape index (κ3) is 13.2. The fourth-order valence-electron chi connectivity index (χ4n) is 7.74. The third-order valence-corrected chi connectivity index (χ3v) is 11.8. The zero-order valence-corrected chi connectivity index (χ0v) is 37.3. The molecule has 22 heteroatoms. The minimum Gasteiger partial charge on any atom is -0.459 e. The van der Waals surface area contributed by atoms with Crippen LogP contribution >= 0.6 is 0 Å². The summed E-state index contributed by atoms with van der Waals surface area (Å²) in [6, 6.07) is 2.35. The number of ketones is 1. The Morgan fingerprint density at radius 1 is 0.953 bits per heavy atom. The summed E-state index contributed by atoms with van der Waals surface area (Å²) in [5.74, 6) is -2.12. The van der Waals surface area contributed by atoms with Crippen molar-refractivity contribution in [3.63, 3.8) is 0 Å². The van der Waals surface area contributed by atoms with Gasteiger partial charge in [-0.1, -0.05) is 13.0 Å². The smallest absolute Gasteiger partial charge is 0.433 e. The number of ether oxygens (including phenoxy) is 9. The predicted octanol–water partition coefficient (Wildman–Crippen LogP) is 1.76. The quantitative estimate of drug-likeness (QED) is 0.0809. The van der Waals surface area contributed by atoms with Crippen LogP contribution in [0.5, 0.6) is 0 Å². The molecule has 5 aliphatic rings. The molecule has 4 saturated heterocycles. The van der Waals surface area contributed by atoms with E-state index in [2.05, 4.69) is 10.4 Å². The summed E-state index contributed by atoms with van der Waals surface area (Å²) < 4.78 is 57.2. The number of aliphatic hydroxyl groups excluding tert-OH is 2. The highest BCUT2D eigenvalue weighted by atomic mass is 16.7. The van der Waals surface area contributed by atoms with E-state index in [0.717, 1.165) is 0 Å². The number of hydrogen-bond acceptors (Lipinski definition) is 19. The number of carbonyl (C=O) groups is 3. The number of carbonyl (C=O) groups excluding carboxylic acids is 3. The number of epoxide rings is 1. The van der Waals surface area contributed by atoms with Crippen LogP contribution in [0.3, 0.4) is 0 Å². The first-order valence-corrected chi connectivity index (χ1v) is 21.2. The number of amides is 2. The number of nitrogens with one attached hydrogen (secondary N) is 1. The van der Waals surface area contributed by atoms with E-state index in [1.807, 2.05) is 13.8 Å². The topological polar surface area (TPSA) is 282 Å². The average molecular weight is 911 g/mol. The lowest BCUT2D eigenvalue weighted by Crippen LogP contribution is -2.59. The molecule has 16 atom stereocenters. The number of nitrogens with zero attached hydrogens (tertiary/aromatic N) is 3. The van der Waals surface area contributed by atoms with E-state index in [0.29, 0.717) is 19.5 Å². The molecule has 2 amide bonds. The van der Waals surface area contributed by atoms with Gasteiger partial charge in [0, 0.05) is 52.2 Å². The van der Waals surface area contributed by atoms with E-state index in [1.165, 1.54) is 63.8 Å². The summed E-state index contributed by atoms with van der Waals surface area (Å²) in [6.45, 7) is 9.59. The van der Waals surface area contributed by atoms with Crippen molar-refractivity contribution in [1.29, 1.82) is 0 Å². The van der Waals surface area contributed by atoms with Crippen LogP contribution in [0.25, 0.3) is 0 Å². The summed E-state index contributed by atoms with van der Waals surface area (Å²) in [5, 5.41) is 50.5. The lowest BCUT2D eigenvalue weighted by atomic mass is 9.89. The number of aliphatic hydroxyl groups is 3. The maximum Gasteiger partial charge on any atom is 0.433 e. The molecule has 0 aliphatic carbocycles. The van der Waals surface area contributed by atoms with Gasteiger partial charge in [0.1, 0.15) is 47.1 Å². The molecule has 6 rings (SSSR count). The molecule has 4 N–H and O–H groups in total. The van der Waals surface area contributed by atoms with E-state index in [-0.39, 0.29) is 43.2 Å². The number of furan rings is 1. The summed E-state index contributed by atoms with van der Waals surface area (Å²) in [7, 11) is 4.45. The Kier molecular flexibility index (Phi) is 18.1. The number of nitro groups is 1. The number of fused-ring (bicyclic) bond motifs is 1. The highest BCUT2D eigenvalue weighted by Gasteiger charge is 2.50. The first kappa shape index (κ1) is 50.8. The molecule has 358 valence electrons. The van der Waals surface area contributed by atoms with Gasteiger partial charge in [0.15, 0.2) is 24.1 Å². The van der Waals surface area contributed by atoms with Crippen LogP contribution in [0.1, 0.15) is 59.6 Å². The van der Waals surface area contributed by atoms with Gasteiger partial charge in [-0.25, -0.2) is 14.6 Å². The number of hydrogen-bond donors (Lipinski definition) is 4. The van der Waals surface area contributed by atoms with Crippen molar-refractivity contribution < 1.29 is 81.7 Å². The Morgan fingerprint density at radius 2 is 1.69 bits per heavy atom. The van der Waals surface area contributed by atoms with E-state index < -0.39 is 108 Å². The van der Waals surface area contributed by atoms with Crippen molar-refractivity contribution in [2.24, 2.45) is 16.9 Å². The van der Waals surface area contributed by atoms with Gasteiger partial charge >= 0.3 is 17.9 Å². The molecule has 0 radical (unpaired) electrons. The molecular weight excluding hydrogens is 848 g/mol. The van der Waals surface area contributed by atoms with Gasteiger partial charge in [-0.05, 0) is 58.8 Å². The van der Waals surface area contributed by atoms with E-state index in [9.17, 15) is 39.8 Å². The molecule has 64 heavy (non-hydrogen) atoms. The largest absolute Gasteiger partial charge is 0.459 e. The fourth-order valence-corrected chi connectivity index (χ4v) is 7.74. The second-order valence-electron chi connectivity index (χ2n) is 16.6. The molecule has 0 saturated carbocycles. The Bertz CT molecular complexity index is 1820. The van der Waals surface area contributed by atoms with Gasteiger partial charge in [-0.15, -0.1) is 0 Å².